The molecule has 0 aliphatic rings. The van der Waals surface area contributed by atoms with Crippen molar-refractivity contribution in [2.75, 3.05) is 5.73 Å². The van der Waals surface area contributed by atoms with Crippen LogP contribution in [-0.2, 0) is 7.05 Å². The summed E-state index contributed by atoms with van der Waals surface area (Å²) in [6, 6.07) is 11.8. The van der Waals surface area contributed by atoms with E-state index in [0.29, 0.717) is 5.92 Å². The first-order valence-electron chi connectivity index (χ1n) is 6.06. The van der Waals surface area contributed by atoms with E-state index >= 15 is 0 Å². The molecular weight excluding hydrogens is 224 g/mol. The van der Waals surface area contributed by atoms with Gasteiger partial charge in [-0.3, -0.25) is 4.79 Å². The molecule has 1 aromatic heterocycles. The topological polar surface area (TPSA) is 48.0 Å². The SMILES string of the molecule is CC(C)c1ccc(-c2ccc(N)c(=O)n2C)cc1. The molecule has 2 N–H and O–H groups in total. The predicted molar refractivity (Wildman–Crippen MR) is 75.6 cm³/mol. The number of nitrogens with two attached hydrogens (primary N) is 1. The zero-order chi connectivity index (χ0) is 13.3. The molecule has 3 heteroatoms. The van der Waals surface area contributed by atoms with Crippen molar-refractivity contribution in [3.05, 3.63) is 52.3 Å². The van der Waals surface area contributed by atoms with Gasteiger partial charge < -0.3 is 10.3 Å². The number of pyridine rings is 1. The van der Waals surface area contributed by atoms with Crippen LogP contribution in [0.25, 0.3) is 11.3 Å². The van der Waals surface area contributed by atoms with E-state index in [1.54, 1.807) is 17.7 Å². The fourth-order valence-corrected chi connectivity index (χ4v) is 1.98. The molecule has 2 rings (SSSR count). The van der Waals surface area contributed by atoms with E-state index < -0.39 is 0 Å². The minimum atomic E-state index is -0.152. The van der Waals surface area contributed by atoms with Crippen LogP contribution in [0.2, 0.25) is 0 Å². The Morgan fingerprint density at radius 3 is 2.22 bits per heavy atom. The van der Waals surface area contributed by atoms with Gasteiger partial charge in [0.25, 0.3) is 5.56 Å². The maximum Gasteiger partial charge on any atom is 0.273 e. The molecule has 0 saturated carbocycles. The van der Waals surface area contributed by atoms with Gasteiger partial charge in [-0.05, 0) is 29.2 Å². The second kappa shape index (κ2) is 4.69. The molecular formula is C15H18N2O. The molecule has 0 amide bonds. The Morgan fingerprint density at radius 2 is 1.67 bits per heavy atom. The van der Waals surface area contributed by atoms with Crippen LogP contribution in [0.15, 0.2) is 41.2 Å². The quantitative estimate of drug-likeness (QED) is 0.880. The van der Waals surface area contributed by atoms with Gasteiger partial charge in [0.15, 0.2) is 0 Å². The van der Waals surface area contributed by atoms with Gasteiger partial charge in [0.1, 0.15) is 0 Å². The molecule has 18 heavy (non-hydrogen) atoms. The summed E-state index contributed by atoms with van der Waals surface area (Å²) in [5.41, 5.74) is 8.92. The van der Waals surface area contributed by atoms with Gasteiger partial charge >= 0.3 is 0 Å². The van der Waals surface area contributed by atoms with Crippen molar-refractivity contribution in [1.82, 2.24) is 4.57 Å². The maximum atomic E-state index is 11.8. The second-order valence-electron chi connectivity index (χ2n) is 4.81. The minimum absolute atomic E-state index is 0.152. The molecule has 0 saturated heterocycles. The number of aromatic nitrogens is 1. The fourth-order valence-electron chi connectivity index (χ4n) is 1.98. The Balaban J connectivity index is 2.50. The first-order valence-corrected chi connectivity index (χ1v) is 6.06. The van der Waals surface area contributed by atoms with Crippen LogP contribution >= 0.6 is 0 Å². The van der Waals surface area contributed by atoms with Crippen molar-refractivity contribution < 1.29 is 0 Å². The van der Waals surface area contributed by atoms with E-state index in [2.05, 4.69) is 26.0 Å². The monoisotopic (exact) mass is 242 g/mol. The molecule has 94 valence electrons. The van der Waals surface area contributed by atoms with E-state index in [1.807, 2.05) is 18.2 Å². The van der Waals surface area contributed by atoms with Crippen molar-refractivity contribution >= 4 is 5.69 Å². The largest absolute Gasteiger partial charge is 0.394 e. The van der Waals surface area contributed by atoms with Gasteiger partial charge in [-0.15, -0.1) is 0 Å². The summed E-state index contributed by atoms with van der Waals surface area (Å²) in [6.07, 6.45) is 0. The predicted octanol–water partition coefficient (Wildman–Crippen LogP) is 2.76. The molecule has 0 unspecified atom stereocenters. The molecule has 0 fully saturated rings. The molecule has 0 aliphatic carbocycles. The molecule has 0 radical (unpaired) electrons. The van der Waals surface area contributed by atoms with Crippen LogP contribution < -0.4 is 11.3 Å². The molecule has 0 bridgehead atoms. The average Bonchev–Trinajstić information content (AvgIpc) is 2.36. The molecule has 1 heterocycles. The highest BCUT2D eigenvalue weighted by Gasteiger charge is 2.06. The Labute approximate surface area is 107 Å². The smallest absolute Gasteiger partial charge is 0.273 e. The van der Waals surface area contributed by atoms with Crippen LogP contribution in [-0.4, -0.2) is 4.57 Å². The van der Waals surface area contributed by atoms with Gasteiger partial charge in [0.2, 0.25) is 0 Å². The highest BCUT2D eigenvalue weighted by atomic mass is 16.1. The normalized spacial score (nSPS) is 10.9. The Hall–Kier alpha value is -2.03. The summed E-state index contributed by atoms with van der Waals surface area (Å²) in [5, 5.41) is 0. The summed E-state index contributed by atoms with van der Waals surface area (Å²) in [5.74, 6) is 0.509. The summed E-state index contributed by atoms with van der Waals surface area (Å²) in [6.45, 7) is 4.32. The number of nitrogen functional groups attached to an aromatic ring is 1. The lowest BCUT2D eigenvalue weighted by atomic mass is 10.0. The number of rotatable bonds is 2. The highest BCUT2D eigenvalue weighted by Crippen LogP contribution is 2.21. The van der Waals surface area contributed by atoms with Crippen LogP contribution in [0.5, 0.6) is 0 Å². The second-order valence-corrected chi connectivity index (χ2v) is 4.81. The third-order valence-electron chi connectivity index (χ3n) is 3.21. The van der Waals surface area contributed by atoms with Crippen molar-refractivity contribution in [2.45, 2.75) is 19.8 Å². The van der Waals surface area contributed by atoms with Crippen molar-refractivity contribution in [3.63, 3.8) is 0 Å². The lowest BCUT2D eigenvalue weighted by molar-refractivity contribution is 0.863. The van der Waals surface area contributed by atoms with Gasteiger partial charge in [-0.1, -0.05) is 38.1 Å². The fraction of sp³-hybridized carbons (Fsp3) is 0.267. The zero-order valence-electron chi connectivity index (χ0n) is 11.0. The molecule has 0 atom stereocenters. The van der Waals surface area contributed by atoms with E-state index in [1.165, 1.54) is 5.56 Å². The Kier molecular flexibility index (Phi) is 3.24. The molecule has 0 aliphatic heterocycles. The zero-order valence-corrected chi connectivity index (χ0v) is 11.0. The summed E-state index contributed by atoms with van der Waals surface area (Å²) < 4.78 is 1.58. The number of benzene rings is 1. The first-order chi connectivity index (χ1) is 8.50. The summed E-state index contributed by atoms with van der Waals surface area (Å²) in [7, 11) is 1.74. The molecule has 3 nitrogen and oxygen atoms in total. The van der Waals surface area contributed by atoms with Crippen molar-refractivity contribution in [2.24, 2.45) is 7.05 Å². The number of hydrogen-bond donors (Lipinski definition) is 1. The minimum Gasteiger partial charge on any atom is -0.394 e. The van der Waals surface area contributed by atoms with Crippen LogP contribution in [0.1, 0.15) is 25.3 Å². The van der Waals surface area contributed by atoms with Gasteiger partial charge in [0, 0.05) is 7.05 Å². The lowest BCUT2D eigenvalue weighted by Gasteiger charge is -2.11. The molecule has 2 aromatic rings. The van der Waals surface area contributed by atoms with E-state index in [9.17, 15) is 4.79 Å². The van der Waals surface area contributed by atoms with E-state index in [-0.39, 0.29) is 11.2 Å². The van der Waals surface area contributed by atoms with Gasteiger partial charge in [-0.25, -0.2) is 0 Å². The number of anilines is 1. The standard InChI is InChI=1S/C15H18N2O/c1-10(2)11-4-6-12(7-5-11)14-9-8-13(16)15(18)17(14)3/h4-10H,16H2,1-3H3. The van der Waals surface area contributed by atoms with E-state index in [4.69, 9.17) is 5.73 Å². The van der Waals surface area contributed by atoms with Crippen molar-refractivity contribution in [1.29, 1.82) is 0 Å². The summed E-state index contributed by atoms with van der Waals surface area (Å²) >= 11 is 0. The van der Waals surface area contributed by atoms with E-state index in [0.717, 1.165) is 11.3 Å². The molecule has 1 aromatic carbocycles. The average molecular weight is 242 g/mol. The van der Waals surface area contributed by atoms with Crippen LogP contribution in [0.3, 0.4) is 0 Å². The Morgan fingerprint density at radius 1 is 1.06 bits per heavy atom. The molecule has 0 spiro atoms. The Bertz CT molecular complexity index is 609. The highest BCUT2D eigenvalue weighted by molar-refractivity contribution is 5.61. The summed E-state index contributed by atoms with van der Waals surface area (Å²) in [4.78, 5) is 11.8. The third kappa shape index (κ3) is 2.16. The lowest BCUT2D eigenvalue weighted by Crippen LogP contribution is -2.21. The first kappa shape index (κ1) is 12.4. The van der Waals surface area contributed by atoms with Gasteiger partial charge in [-0.2, -0.15) is 0 Å². The van der Waals surface area contributed by atoms with Crippen LogP contribution in [0.4, 0.5) is 5.69 Å². The van der Waals surface area contributed by atoms with Crippen LogP contribution in [0, 0.1) is 0 Å². The number of hydrogen-bond acceptors (Lipinski definition) is 2. The maximum absolute atomic E-state index is 11.8. The van der Waals surface area contributed by atoms with Crippen molar-refractivity contribution in [3.8, 4) is 11.3 Å². The number of nitrogens with zero attached hydrogens (tertiary/aromatic N) is 1. The van der Waals surface area contributed by atoms with Gasteiger partial charge in [0.05, 0.1) is 11.4 Å². The third-order valence-corrected chi connectivity index (χ3v) is 3.21.